The molecule has 2 aromatic rings. The summed E-state index contributed by atoms with van der Waals surface area (Å²) in [4.78, 5) is 14.1. The zero-order chi connectivity index (χ0) is 12.4. The second kappa shape index (κ2) is 4.36. The Morgan fingerprint density at radius 2 is 2.29 bits per heavy atom. The van der Waals surface area contributed by atoms with Gasteiger partial charge in [-0.05, 0) is 17.7 Å². The molecule has 0 aliphatic heterocycles. The number of aromatic nitrogens is 1. The molecule has 0 aliphatic carbocycles. The van der Waals surface area contributed by atoms with Gasteiger partial charge in [0.05, 0.1) is 6.42 Å². The average molecular weight is 243 g/mol. The lowest BCUT2D eigenvalue weighted by Crippen LogP contribution is -2.01. The van der Waals surface area contributed by atoms with Crippen LogP contribution in [0.25, 0.3) is 11.1 Å². The third kappa shape index (κ3) is 2.68. The molecule has 0 saturated heterocycles. The van der Waals surface area contributed by atoms with E-state index in [-0.39, 0.29) is 17.5 Å². The van der Waals surface area contributed by atoms with E-state index in [2.05, 4.69) is 9.72 Å². The quantitative estimate of drug-likeness (QED) is 0.889. The number of hydrogen-bond acceptors (Lipinski definition) is 4. The van der Waals surface area contributed by atoms with E-state index < -0.39 is 18.7 Å². The summed E-state index contributed by atoms with van der Waals surface area (Å²) in [5, 5.41) is 8.60. The van der Waals surface area contributed by atoms with Gasteiger partial charge in [-0.25, -0.2) is 0 Å². The zero-order valence-corrected chi connectivity index (χ0v) is 8.39. The Kier molecular flexibility index (Phi) is 2.90. The Labute approximate surface area is 93.6 Å². The van der Waals surface area contributed by atoms with Crippen molar-refractivity contribution in [3.63, 3.8) is 0 Å². The lowest BCUT2D eigenvalue weighted by molar-refractivity contribution is -0.136. The van der Waals surface area contributed by atoms with E-state index in [4.69, 9.17) is 9.52 Å². The number of oxazole rings is 1. The van der Waals surface area contributed by atoms with Crippen LogP contribution in [-0.2, 0) is 11.2 Å². The molecule has 7 heteroatoms. The van der Waals surface area contributed by atoms with Crippen molar-refractivity contribution in [2.24, 2.45) is 0 Å². The zero-order valence-electron chi connectivity index (χ0n) is 8.39. The van der Waals surface area contributed by atoms with E-state index in [1.165, 1.54) is 18.2 Å². The van der Waals surface area contributed by atoms with Crippen LogP contribution in [-0.4, -0.2) is 22.7 Å². The SMILES string of the molecule is O=C(O)Cc1ccc2oc(OC(F)F)nc2c1. The number of fused-ring (bicyclic) bond motifs is 1. The number of halogens is 2. The number of alkyl halides is 2. The fourth-order valence-electron chi connectivity index (χ4n) is 1.36. The molecule has 1 aromatic heterocycles. The topological polar surface area (TPSA) is 72.6 Å². The molecule has 5 nitrogen and oxygen atoms in total. The van der Waals surface area contributed by atoms with Crippen LogP contribution in [0.3, 0.4) is 0 Å². The first-order chi connectivity index (χ1) is 8.04. The number of hydrogen-bond donors (Lipinski definition) is 1. The first kappa shape index (κ1) is 11.3. The van der Waals surface area contributed by atoms with Crippen LogP contribution in [0.1, 0.15) is 5.56 Å². The van der Waals surface area contributed by atoms with Gasteiger partial charge in [0.15, 0.2) is 5.58 Å². The highest BCUT2D eigenvalue weighted by Gasteiger charge is 2.12. The molecule has 0 unspecified atom stereocenters. The van der Waals surface area contributed by atoms with Crippen molar-refractivity contribution >= 4 is 17.1 Å². The van der Waals surface area contributed by atoms with Crippen LogP contribution in [0.2, 0.25) is 0 Å². The lowest BCUT2D eigenvalue weighted by atomic mass is 10.1. The third-order valence-corrected chi connectivity index (χ3v) is 1.98. The maximum atomic E-state index is 11.9. The maximum Gasteiger partial charge on any atom is 0.399 e. The second-order valence-corrected chi connectivity index (χ2v) is 3.23. The molecule has 0 spiro atoms. The molecule has 0 fully saturated rings. The molecule has 0 bridgehead atoms. The van der Waals surface area contributed by atoms with Crippen molar-refractivity contribution in [3.05, 3.63) is 23.8 Å². The standard InChI is InChI=1S/C10H7F2NO4/c11-9(12)17-10-13-6-3-5(4-8(14)15)1-2-7(6)16-10/h1-3,9H,4H2,(H,14,15). The van der Waals surface area contributed by atoms with Gasteiger partial charge < -0.3 is 14.3 Å². The number of carboxylic acids is 1. The minimum atomic E-state index is -3.01. The number of nitrogens with zero attached hydrogens (tertiary/aromatic N) is 1. The number of benzene rings is 1. The van der Waals surface area contributed by atoms with Crippen LogP contribution in [0.5, 0.6) is 6.08 Å². The largest absolute Gasteiger partial charge is 0.481 e. The van der Waals surface area contributed by atoms with Crippen molar-refractivity contribution in [2.45, 2.75) is 13.0 Å². The van der Waals surface area contributed by atoms with E-state index >= 15 is 0 Å². The monoisotopic (exact) mass is 243 g/mol. The maximum absolute atomic E-state index is 11.9. The number of aliphatic carboxylic acids is 1. The molecule has 0 atom stereocenters. The molecule has 2 rings (SSSR count). The van der Waals surface area contributed by atoms with E-state index in [1.807, 2.05) is 0 Å². The average Bonchev–Trinajstić information content (AvgIpc) is 2.56. The van der Waals surface area contributed by atoms with Gasteiger partial charge in [-0.1, -0.05) is 6.07 Å². The second-order valence-electron chi connectivity index (χ2n) is 3.23. The summed E-state index contributed by atoms with van der Waals surface area (Å²) in [6.45, 7) is -3.01. The molecule has 1 N–H and O–H groups in total. The normalized spacial score (nSPS) is 11.0. The van der Waals surface area contributed by atoms with E-state index in [1.54, 1.807) is 0 Å². The summed E-state index contributed by atoms with van der Waals surface area (Å²) < 4.78 is 32.7. The van der Waals surface area contributed by atoms with Gasteiger partial charge in [-0.15, -0.1) is 0 Å². The summed E-state index contributed by atoms with van der Waals surface area (Å²) in [6, 6.07) is 4.43. The van der Waals surface area contributed by atoms with Crippen LogP contribution in [0.4, 0.5) is 8.78 Å². The smallest absolute Gasteiger partial charge is 0.399 e. The van der Waals surface area contributed by atoms with Crippen LogP contribution in [0, 0.1) is 0 Å². The predicted molar refractivity (Wildman–Crippen MR) is 52.0 cm³/mol. The molecule has 0 amide bonds. The highest BCUT2D eigenvalue weighted by molar-refractivity contribution is 5.77. The summed E-state index contributed by atoms with van der Waals surface area (Å²) in [7, 11) is 0. The molecule has 17 heavy (non-hydrogen) atoms. The van der Waals surface area contributed by atoms with Gasteiger partial charge in [-0.2, -0.15) is 13.8 Å². The molecule has 1 heterocycles. The molecular weight excluding hydrogens is 236 g/mol. The number of carboxylic acid groups (broad SMARTS) is 1. The molecule has 1 aromatic carbocycles. The Hall–Kier alpha value is -2.18. The first-order valence-corrected chi connectivity index (χ1v) is 4.60. The lowest BCUT2D eigenvalue weighted by Gasteiger charge is -1.94. The van der Waals surface area contributed by atoms with Gasteiger partial charge in [0.25, 0.3) is 0 Å². The number of rotatable bonds is 4. The minimum Gasteiger partial charge on any atom is -0.481 e. The highest BCUT2D eigenvalue weighted by Crippen LogP contribution is 2.22. The van der Waals surface area contributed by atoms with Crippen molar-refractivity contribution in [1.82, 2.24) is 4.98 Å². The molecular formula is C10H7F2NO4. The van der Waals surface area contributed by atoms with Crippen LogP contribution >= 0.6 is 0 Å². The van der Waals surface area contributed by atoms with Crippen LogP contribution in [0.15, 0.2) is 22.6 Å². The summed E-state index contributed by atoms with van der Waals surface area (Å²) in [5.41, 5.74) is 1.04. The highest BCUT2D eigenvalue weighted by atomic mass is 19.3. The Morgan fingerprint density at radius 1 is 1.53 bits per heavy atom. The predicted octanol–water partition coefficient (Wildman–Crippen LogP) is 2.06. The number of ether oxygens (including phenoxy) is 1. The van der Waals surface area contributed by atoms with Gasteiger partial charge in [0, 0.05) is 0 Å². The van der Waals surface area contributed by atoms with Crippen molar-refractivity contribution < 1.29 is 27.8 Å². The fraction of sp³-hybridized carbons (Fsp3) is 0.200. The molecule has 90 valence electrons. The summed E-state index contributed by atoms with van der Waals surface area (Å²) >= 11 is 0. The van der Waals surface area contributed by atoms with Gasteiger partial charge in [0.2, 0.25) is 0 Å². The minimum absolute atomic E-state index is 0.173. The van der Waals surface area contributed by atoms with Crippen LogP contribution < -0.4 is 4.74 Å². The summed E-state index contributed by atoms with van der Waals surface area (Å²) in [5.74, 6) is -0.989. The first-order valence-electron chi connectivity index (χ1n) is 4.60. The number of carbonyl (C=O) groups is 1. The van der Waals surface area contributed by atoms with Gasteiger partial charge >= 0.3 is 18.7 Å². The Morgan fingerprint density at radius 3 is 2.94 bits per heavy atom. The van der Waals surface area contributed by atoms with Gasteiger partial charge in [0.1, 0.15) is 5.52 Å². The van der Waals surface area contributed by atoms with E-state index in [0.29, 0.717) is 5.56 Å². The van der Waals surface area contributed by atoms with E-state index in [9.17, 15) is 13.6 Å². The fourth-order valence-corrected chi connectivity index (χ4v) is 1.36. The molecule has 0 aliphatic rings. The Bertz CT molecular complexity index is 552. The summed E-state index contributed by atoms with van der Waals surface area (Å²) in [6.07, 6.45) is -0.712. The van der Waals surface area contributed by atoms with Gasteiger partial charge in [-0.3, -0.25) is 4.79 Å². The van der Waals surface area contributed by atoms with Crippen molar-refractivity contribution in [2.75, 3.05) is 0 Å². The van der Waals surface area contributed by atoms with Crippen molar-refractivity contribution in [3.8, 4) is 6.08 Å². The molecule has 0 radical (unpaired) electrons. The Balaban J connectivity index is 2.30. The third-order valence-electron chi connectivity index (χ3n) is 1.98. The van der Waals surface area contributed by atoms with Crippen molar-refractivity contribution in [1.29, 1.82) is 0 Å². The molecule has 0 saturated carbocycles. The van der Waals surface area contributed by atoms with E-state index in [0.717, 1.165) is 0 Å².